The SMILES string of the molecule is CC1N(CCOO)NC(S)N1c1ccc(S(=O)(=O)O)cc1. The molecule has 0 spiro atoms. The zero-order chi connectivity index (χ0) is 15.6. The van der Waals surface area contributed by atoms with Crippen LogP contribution in [-0.2, 0) is 15.0 Å². The van der Waals surface area contributed by atoms with Crippen molar-refractivity contribution < 1.29 is 23.1 Å². The third kappa shape index (κ3) is 3.66. The minimum Gasteiger partial charge on any atom is -0.329 e. The average molecular weight is 335 g/mol. The first-order valence-corrected chi connectivity index (χ1v) is 8.13. The fraction of sp³-hybridized carbons (Fsp3) is 0.455. The van der Waals surface area contributed by atoms with Crippen LogP contribution < -0.4 is 10.3 Å². The van der Waals surface area contributed by atoms with E-state index in [1.54, 1.807) is 12.1 Å². The number of nitrogens with zero attached hydrogens (tertiary/aromatic N) is 2. The summed E-state index contributed by atoms with van der Waals surface area (Å²) in [5.41, 5.74) is 3.53. The molecular weight excluding hydrogens is 318 g/mol. The van der Waals surface area contributed by atoms with E-state index >= 15 is 0 Å². The lowest BCUT2D eigenvalue weighted by Crippen LogP contribution is -2.40. The van der Waals surface area contributed by atoms with Crippen LogP contribution in [0.25, 0.3) is 0 Å². The molecule has 0 bridgehead atoms. The van der Waals surface area contributed by atoms with Gasteiger partial charge in [0, 0.05) is 12.2 Å². The maximum atomic E-state index is 11.0. The highest BCUT2D eigenvalue weighted by Crippen LogP contribution is 2.27. The van der Waals surface area contributed by atoms with E-state index in [1.165, 1.54) is 12.1 Å². The van der Waals surface area contributed by atoms with Crippen molar-refractivity contribution in [1.29, 1.82) is 0 Å². The normalized spacial score (nSPS) is 23.7. The predicted molar refractivity (Wildman–Crippen MR) is 79.4 cm³/mol. The van der Waals surface area contributed by atoms with E-state index in [0.29, 0.717) is 6.54 Å². The van der Waals surface area contributed by atoms with Crippen molar-refractivity contribution in [1.82, 2.24) is 10.4 Å². The van der Waals surface area contributed by atoms with Gasteiger partial charge < -0.3 is 4.90 Å². The van der Waals surface area contributed by atoms with Gasteiger partial charge >= 0.3 is 0 Å². The molecule has 2 unspecified atom stereocenters. The zero-order valence-electron chi connectivity index (χ0n) is 11.2. The Hall–Kier alpha value is -0.880. The summed E-state index contributed by atoms with van der Waals surface area (Å²) in [6.07, 6.45) is -0.0840. The molecule has 8 nitrogen and oxygen atoms in total. The van der Waals surface area contributed by atoms with Gasteiger partial charge in [-0.1, -0.05) is 0 Å². The number of thiol groups is 1. The van der Waals surface area contributed by atoms with E-state index in [0.717, 1.165) is 5.69 Å². The maximum absolute atomic E-state index is 11.0. The van der Waals surface area contributed by atoms with Crippen molar-refractivity contribution in [2.24, 2.45) is 0 Å². The molecule has 1 fully saturated rings. The Balaban J connectivity index is 2.17. The Labute approximate surface area is 128 Å². The van der Waals surface area contributed by atoms with Crippen LogP contribution in [0.15, 0.2) is 29.2 Å². The van der Waals surface area contributed by atoms with Gasteiger partial charge in [-0.05, 0) is 31.2 Å². The van der Waals surface area contributed by atoms with Crippen molar-refractivity contribution in [3.63, 3.8) is 0 Å². The molecule has 0 radical (unpaired) electrons. The minimum absolute atomic E-state index is 0.0840. The highest BCUT2D eigenvalue weighted by molar-refractivity contribution is 7.85. The summed E-state index contributed by atoms with van der Waals surface area (Å²) >= 11 is 4.42. The quantitative estimate of drug-likeness (QED) is 0.269. The van der Waals surface area contributed by atoms with Crippen LogP contribution in [0.5, 0.6) is 0 Å². The van der Waals surface area contributed by atoms with E-state index in [9.17, 15) is 8.42 Å². The molecule has 0 saturated carbocycles. The maximum Gasteiger partial charge on any atom is 0.294 e. The predicted octanol–water partition coefficient (Wildman–Crippen LogP) is 0.609. The number of rotatable bonds is 5. The van der Waals surface area contributed by atoms with Crippen molar-refractivity contribution in [3.8, 4) is 0 Å². The van der Waals surface area contributed by atoms with Crippen molar-refractivity contribution in [3.05, 3.63) is 24.3 Å². The first-order valence-electron chi connectivity index (χ1n) is 6.17. The van der Waals surface area contributed by atoms with E-state index < -0.39 is 10.1 Å². The first kappa shape index (κ1) is 16.5. The van der Waals surface area contributed by atoms with Gasteiger partial charge in [0.05, 0.1) is 17.7 Å². The van der Waals surface area contributed by atoms with Gasteiger partial charge in [0.2, 0.25) is 0 Å². The lowest BCUT2D eigenvalue weighted by molar-refractivity contribution is -0.245. The van der Waals surface area contributed by atoms with Gasteiger partial charge in [-0.25, -0.2) is 15.3 Å². The molecule has 1 aliphatic rings. The molecule has 1 saturated heterocycles. The van der Waals surface area contributed by atoms with Gasteiger partial charge in [-0.2, -0.15) is 8.42 Å². The second-order valence-corrected chi connectivity index (χ2v) is 6.45. The summed E-state index contributed by atoms with van der Waals surface area (Å²) in [7, 11) is -4.20. The third-order valence-electron chi connectivity index (χ3n) is 3.25. The van der Waals surface area contributed by atoms with Crippen LogP contribution in [0.3, 0.4) is 0 Å². The Kier molecular flexibility index (Phi) is 5.09. The second kappa shape index (κ2) is 6.48. The summed E-state index contributed by atoms with van der Waals surface area (Å²) < 4.78 is 31.0. The molecule has 21 heavy (non-hydrogen) atoms. The molecule has 1 aromatic rings. The van der Waals surface area contributed by atoms with Gasteiger partial charge in [-0.3, -0.25) is 9.81 Å². The highest BCUT2D eigenvalue weighted by atomic mass is 32.2. The molecule has 0 aromatic heterocycles. The number of anilines is 1. The van der Waals surface area contributed by atoms with E-state index in [-0.39, 0.29) is 23.2 Å². The molecule has 0 amide bonds. The Bertz CT molecular complexity index is 580. The Morgan fingerprint density at radius 2 is 2.00 bits per heavy atom. The lowest BCUT2D eigenvalue weighted by atomic mass is 10.3. The van der Waals surface area contributed by atoms with Crippen LogP contribution in [0.1, 0.15) is 6.92 Å². The summed E-state index contributed by atoms with van der Waals surface area (Å²) in [4.78, 5) is 5.81. The molecule has 3 N–H and O–H groups in total. The molecule has 2 atom stereocenters. The summed E-state index contributed by atoms with van der Waals surface area (Å²) in [5, 5.41) is 10.2. The largest absolute Gasteiger partial charge is 0.329 e. The van der Waals surface area contributed by atoms with Crippen LogP contribution in [0.4, 0.5) is 5.69 Å². The van der Waals surface area contributed by atoms with Gasteiger partial charge in [-0.15, -0.1) is 12.6 Å². The fourth-order valence-corrected chi connectivity index (χ4v) is 3.17. The third-order valence-corrected chi connectivity index (χ3v) is 4.49. The van der Waals surface area contributed by atoms with Gasteiger partial charge in [0.1, 0.15) is 5.50 Å². The summed E-state index contributed by atoms with van der Waals surface area (Å²) in [6.45, 7) is 2.53. The highest BCUT2D eigenvalue weighted by Gasteiger charge is 2.34. The van der Waals surface area contributed by atoms with Crippen LogP contribution in [-0.4, -0.2) is 48.1 Å². The zero-order valence-corrected chi connectivity index (χ0v) is 13.0. The van der Waals surface area contributed by atoms with Crippen LogP contribution in [0.2, 0.25) is 0 Å². The molecule has 0 aliphatic carbocycles. The van der Waals surface area contributed by atoms with E-state index in [2.05, 4.69) is 22.9 Å². The van der Waals surface area contributed by atoms with Gasteiger partial charge in [0.25, 0.3) is 10.1 Å². The molecular formula is C11H17N3O5S2. The monoisotopic (exact) mass is 335 g/mol. The Morgan fingerprint density at radius 3 is 2.52 bits per heavy atom. The van der Waals surface area contributed by atoms with Gasteiger partial charge in [0.15, 0.2) is 0 Å². The van der Waals surface area contributed by atoms with E-state index in [1.807, 2.05) is 16.8 Å². The Morgan fingerprint density at radius 1 is 1.38 bits per heavy atom. The van der Waals surface area contributed by atoms with Crippen LogP contribution >= 0.6 is 12.6 Å². The van der Waals surface area contributed by atoms with Crippen molar-refractivity contribution >= 4 is 28.4 Å². The number of nitrogens with one attached hydrogen (secondary N) is 1. The molecule has 118 valence electrons. The standard InChI is InChI=1S/C11H17N3O5S2/c1-8-13(6-7-19-15)12-11(20)14(8)9-2-4-10(5-3-9)21(16,17)18/h2-5,8,11-12,15,20H,6-7H2,1H3,(H,16,17,18). The second-order valence-electron chi connectivity index (χ2n) is 4.54. The summed E-state index contributed by atoms with van der Waals surface area (Å²) in [5.74, 6) is 0. The number of hydrogen-bond acceptors (Lipinski definition) is 8. The van der Waals surface area contributed by atoms with E-state index in [4.69, 9.17) is 9.81 Å². The van der Waals surface area contributed by atoms with Crippen molar-refractivity contribution in [2.75, 3.05) is 18.1 Å². The topological polar surface area (TPSA) is 102 Å². The molecule has 2 rings (SSSR count). The molecule has 1 aliphatic heterocycles. The summed E-state index contributed by atoms with van der Waals surface area (Å²) in [6, 6.07) is 5.85. The van der Waals surface area contributed by atoms with Crippen LogP contribution in [0, 0.1) is 0 Å². The average Bonchev–Trinajstić information content (AvgIpc) is 2.70. The number of hydrazine groups is 1. The first-order chi connectivity index (χ1) is 9.84. The lowest BCUT2D eigenvalue weighted by Gasteiger charge is -2.28. The van der Waals surface area contributed by atoms with Crippen molar-refractivity contribution in [2.45, 2.75) is 23.5 Å². The number of hydrogen-bond donors (Lipinski definition) is 4. The smallest absolute Gasteiger partial charge is 0.294 e. The number of benzene rings is 1. The molecule has 1 aromatic carbocycles. The molecule has 1 heterocycles. The molecule has 10 heteroatoms. The fourth-order valence-electron chi connectivity index (χ4n) is 2.21. The minimum atomic E-state index is -4.20.